The Labute approximate surface area is 231 Å². The van der Waals surface area contributed by atoms with Crippen molar-refractivity contribution in [3.05, 3.63) is 23.8 Å². The lowest BCUT2D eigenvalue weighted by Gasteiger charge is -2.22. The van der Waals surface area contributed by atoms with Crippen molar-refractivity contribution in [1.82, 2.24) is 0 Å². The van der Waals surface area contributed by atoms with Gasteiger partial charge in [0.15, 0.2) is 11.5 Å². The molecule has 1 unspecified atom stereocenters. The van der Waals surface area contributed by atoms with Crippen molar-refractivity contribution < 1.29 is 42.9 Å². The van der Waals surface area contributed by atoms with Crippen LogP contribution in [0.25, 0.3) is 0 Å². The van der Waals surface area contributed by atoms with Gasteiger partial charge in [-0.15, -0.1) is 0 Å². The Morgan fingerprint density at radius 3 is 1.87 bits per heavy atom. The summed E-state index contributed by atoms with van der Waals surface area (Å²) in [6.45, 7) is 14.9. The van der Waals surface area contributed by atoms with Gasteiger partial charge in [-0.2, -0.15) is 0 Å². The number of hydrogen-bond acceptors (Lipinski definition) is 10. The van der Waals surface area contributed by atoms with E-state index in [2.05, 4.69) is 0 Å². The molecule has 0 amide bonds. The highest BCUT2D eigenvalue weighted by molar-refractivity contribution is 5.77. The second-order valence-corrected chi connectivity index (χ2v) is 10.8. The first kappa shape index (κ1) is 33.9. The fourth-order valence-corrected chi connectivity index (χ4v) is 3.15. The van der Waals surface area contributed by atoms with Crippen LogP contribution in [-0.4, -0.2) is 48.9 Å². The third-order valence-electron chi connectivity index (χ3n) is 5.79. The highest BCUT2D eigenvalue weighted by Crippen LogP contribution is 2.30. The van der Waals surface area contributed by atoms with Crippen molar-refractivity contribution in [2.24, 2.45) is 23.5 Å². The molecule has 2 N–H and O–H groups in total. The lowest BCUT2D eigenvalue weighted by atomic mass is 10.1. The van der Waals surface area contributed by atoms with E-state index in [1.165, 1.54) is 12.1 Å². The van der Waals surface area contributed by atoms with Crippen LogP contribution >= 0.6 is 0 Å². The molecule has 0 fully saturated rings. The van der Waals surface area contributed by atoms with Gasteiger partial charge in [0, 0.05) is 12.8 Å². The van der Waals surface area contributed by atoms with Crippen LogP contribution in [0.5, 0.6) is 11.5 Å². The second kappa shape index (κ2) is 16.7. The Morgan fingerprint density at radius 1 is 0.795 bits per heavy atom. The number of carbonyl (C=O) groups is 4. The molecule has 0 heterocycles. The molecule has 0 spiro atoms. The minimum atomic E-state index is -1.05. The first-order valence-electron chi connectivity index (χ1n) is 13.5. The van der Waals surface area contributed by atoms with E-state index in [9.17, 15) is 19.2 Å². The van der Waals surface area contributed by atoms with E-state index in [-0.39, 0.29) is 55.1 Å². The number of esters is 3. The summed E-state index contributed by atoms with van der Waals surface area (Å²) in [4.78, 5) is 49.0. The molecule has 10 heteroatoms. The Bertz CT molecular complexity index is 960. The standard InChI is InChI=1S/C29H45NO9/c1-9-19(6)16-35-29(34)37-21(8)20(7)36-28(33)23(30)14-22-10-11-24(38-26(31)12-17(2)3)25(15-22)39-27(32)13-18(4)5/h10-11,15,17-21,23H,9,12-14,16,30H2,1-8H3/t19?,20-,21-,23-/m0/s1. The van der Waals surface area contributed by atoms with Gasteiger partial charge < -0.3 is 29.4 Å². The molecule has 1 aromatic rings. The van der Waals surface area contributed by atoms with Gasteiger partial charge in [-0.1, -0.05) is 54.0 Å². The highest BCUT2D eigenvalue weighted by Gasteiger charge is 2.25. The Hall–Kier alpha value is -3.14. The summed E-state index contributed by atoms with van der Waals surface area (Å²) in [5, 5.41) is 0. The van der Waals surface area contributed by atoms with Crippen LogP contribution < -0.4 is 15.2 Å². The molecule has 39 heavy (non-hydrogen) atoms. The number of nitrogens with two attached hydrogens (primary N) is 1. The van der Waals surface area contributed by atoms with Gasteiger partial charge in [-0.3, -0.25) is 14.4 Å². The maximum Gasteiger partial charge on any atom is 0.508 e. The van der Waals surface area contributed by atoms with Crippen molar-refractivity contribution in [3.63, 3.8) is 0 Å². The quantitative estimate of drug-likeness (QED) is 0.234. The molecule has 0 aliphatic heterocycles. The van der Waals surface area contributed by atoms with E-state index >= 15 is 0 Å². The molecule has 0 aromatic heterocycles. The summed E-state index contributed by atoms with van der Waals surface area (Å²) in [7, 11) is 0. The zero-order valence-electron chi connectivity index (χ0n) is 24.5. The van der Waals surface area contributed by atoms with E-state index < -0.39 is 42.3 Å². The lowest BCUT2D eigenvalue weighted by Crippen LogP contribution is -2.39. The molecular formula is C29H45NO9. The summed E-state index contributed by atoms with van der Waals surface area (Å²) >= 11 is 0. The molecule has 10 nitrogen and oxygen atoms in total. The maximum absolute atomic E-state index is 12.6. The zero-order valence-corrected chi connectivity index (χ0v) is 24.5. The highest BCUT2D eigenvalue weighted by atomic mass is 16.7. The topological polar surface area (TPSA) is 140 Å². The second-order valence-electron chi connectivity index (χ2n) is 10.8. The molecular weight excluding hydrogens is 506 g/mol. The monoisotopic (exact) mass is 551 g/mol. The molecule has 0 saturated carbocycles. The number of carbonyl (C=O) groups excluding carboxylic acids is 4. The van der Waals surface area contributed by atoms with Gasteiger partial charge in [-0.05, 0) is 55.7 Å². The van der Waals surface area contributed by atoms with Crippen LogP contribution in [-0.2, 0) is 35.0 Å². The van der Waals surface area contributed by atoms with E-state index in [0.29, 0.717) is 5.56 Å². The molecule has 1 aromatic carbocycles. The zero-order chi connectivity index (χ0) is 29.7. The van der Waals surface area contributed by atoms with E-state index in [1.807, 2.05) is 41.5 Å². The van der Waals surface area contributed by atoms with Gasteiger partial charge in [0.2, 0.25) is 0 Å². The third-order valence-corrected chi connectivity index (χ3v) is 5.79. The van der Waals surface area contributed by atoms with Crippen molar-refractivity contribution in [2.75, 3.05) is 6.61 Å². The summed E-state index contributed by atoms with van der Waals surface area (Å²) in [6, 6.07) is 3.61. The van der Waals surface area contributed by atoms with Crippen LogP contribution in [0.2, 0.25) is 0 Å². The molecule has 0 saturated heterocycles. The van der Waals surface area contributed by atoms with E-state index in [4.69, 9.17) is 29.4 Å². The van der Waals surface area contributed by atoms with Crippen LogP contribution in [0.1, 0.15) is 80.2 Å². The number of benzene rings is 1. The van der Waals surface area contributed by atoms with Crippen LogP contribution in [0, 0.1) is 17.8 Å². The minimum Gasteiger partial charge on any atom is -0.458 e. The van der Waals surface area contributed by atoms with E-state index in [1.54, 1.807) is 19.9 Å². The molecule has 0 radical (unpaired) electrons. The minimum absolute atomic E-state index is 0.0622. The Morgan fingerprint density at radius 2 is 1.33 bits per heavy atom. The Kier molecular flexibility index (Phi) is 14.5. The van der Waals surface area contributed by atoms with Gasteiger partial charge in [0.1, 0.15) is 18.2 Å². The van der Waals surface area contributed by atoms with Gasteiger partial charge in [0.25, 0.3) is 0 Å². The van der Waals surface area contributed by atoms with Crippen molar-refractivity contribution in [3.8, 4) is 11.5 Å². The SMILES string of the molecule is CCC(C)COC(=O)O[C@@H](C)[C@H](C)OC(=O)[C@@H](N)Cc1ccc(OC(=O)CC(C)C)c(OC(=O)CC(C)C)c1. The predicted octanol–water partition coefficient (Wildman–Crippen LogP) is 4.98. The third kappa shape index (κ3) is 13.5. The normalized spacial score (nSPS) is 14.2. The average molecular weight is 552 g/mol. The van der Waals surface area contributed by atoms with Gasteiger partial charge in [-0.25, -0.2) is 4.79 Å². The van der Waals surface area contributed by atoms with Crippen LogP contribution in [0.4, 0.5) is 4.79 Å². The Balaban J connectivity index is 2.85. The van der Waals surface area contributed by atoms with Crippen molar-refractivity contribution in [2.45, 2.75) is 99.3 Å². The molecule has 0 aliphatic rings. The molecule has 0 aliphatic carbocycles. The largest absolute Gasteiger partial charge is 0.508 e. The number of ether oxygens (including phenoxy) is 5. The fraction of sp³-hybridized carbons (Fsp3) is 0.655. The summed E-state index contributed by atoms with van der Waals surface area (Å²) in [6.07, 6.45) is -1.04. The first-order valence-corrected chi connectivity index (χ1v) is 13.5. The van der Waals surface area contributed by atoms with Crippen molar-refractivity contribution in [1.29, 1.82) is 0 Å². The fourth-order valence-electron chi connectivity index (χ4n) is 3.15. The summed E-state index contributed by atoms with van der Waals surface area (Å²) < 4.78 is 26.6. The van der Waals surface area contributed by atoms with Crippen molar-refractivity contribution >= 4 is 24.1 Å². The summed E-state index contributed by atoms with van der Waals surface area (Å²) in [5.41, 5.74) is 6.66. The number of hydrogen-bond donors (Lipinski definition) is 1. The van der Waals surface area contributed by atoms with Crippen LogP contribution in [0.3, 0.4) is 0 Å². The molecule has 1 rings (SSSR count). The van der Waals surface area contributed by atoms with Crippen LogP contribution in [0.15, 0.2) is 18.2 Å². The first-order chi connectivity index (χ1) is 18.2. The predicted molar refractivity (Wildman–Crippen MR) is 145 cm³/mol. The smallest absolute Gasteiger partial charge is 0.458 e. The maximum atomic E-state index is 12.6. The van der Waals surface area contributed by atoms with Gasteiger partial charge in [0.05, 0.1) is 6.61 Å². The average Bonchev–Trinajstić information content (AvgIpc) is 2.82. The molecule has 0 bridgehead atoms. The molecule has 220 valence electrons. The lowest BCUT2D eigenvalue weighted by molar-refractivity contribution is -0.155. The van der Waals surface area contributed by atoms with Gasteiger partial charge >= 0.3 is 24.1 Å². The molecule has 4 atom stereocenters. The summed E-state index contributed by atoms with van der Waals surface area (Å²) in [5.74, 6) is -1.06. The number of rotatable bonds is 15. The van der Waals surface area contributed by atoms with E-state index in [0.717, 1.165) is 6.42 Å².